The first-order chi connectivity index (χ1) is 7.77. The van der Waals surface area contributed by atoms with Crippen molar-refractivity contribution in [2.24, 2.45) is 5.92 Å². The standard InChI is InChI=1S/C13H16N2S/c1-9-5-4-8-11(9)15-12-7-3-2-6-10(12)14-13(15)16/h2-3,6-7,9,11H,4-5,8H2,1H3,(H,14,16). The van der Waals surface area contributed by atoms with Crippen LogP contribution in [0.1, 0.15) is 32.2 Å². The molecule has 84 valence electrons. The molecule has 0 spiro atoms. The lowest BCUT2D eigenvalue weighted by molar-refractivity contribution is 0.413. The van der Waals surface area contributed by atoms with Crippen LogP contribution in [0, 0.1) is 10.7 Å². The summed E-state index contributed by atoms with van der Waals surface area (Å²) in [6.07, 6.45) is 3.91. The van der Waals surface area contributed by atoms with E-state index in [2.05, 4.69) is 40.7 Å². The Balaban J connectivity index is 2.22. The topological polar surface area (TPSA) is 20.7 Å². The second-order valence-corrected chi connectivity index (χ2v) is 5.18. The van der Waals surface area contributed by atoms with Gasteiger partial charge in [-0.3, -0.25) is 0 Å². The lowest BCUT2D eigenvalue weighted by atomic mass is 10.1. The van der Waals surface area contributed by atoms with Crippen LogP contribution in [0.2, 0.25) is 0 Å². The van der Waals surface area contributed by atoms with Crippen LogP contribution in [0.5, 0.6) is 0 Å². The second kappa shape index (κ2) is 3.74. The number of benzene rings is 1. The minimum atomic E-state index is 0.587. The predicted octanol–water partition coefficient (Wildman–Crippen LogP) is 4.06. The molecule has 1 fully saturated rings. The zero-order chi connectivity index (χ0) is 11.1. The molecule has 1 aromatic carbocycles. The molecule has 16 heavy (non-hydrogen) atoms. The first kappa shape index (κ1) is 10.1. The van der Waals surface area contributed by atoms with Gasteiger partial charge in [0, 0.05) is 6.04 Å². The highest BCUT2D eigenvalue weighted by Gasteiger charge is 2.26. The number of imidazole rings is 1. The van der Waals surface area contributed by atoms with Gasteiger partial charge in [0.2, 0.25) is 0 Å². The summed E-state index contributed by atoms with van der Waals surface area (Å²) in [5, 5.41) is 0. The van der Waals surface area contributed by atoms with Crippen molar-refractivity contribution in [3.8, 4) is 0 Å². The molecule has 0 saturated heterocycles. The van der Waals surface area contributed by atoms with E-state index in [0.717, 1.165) is 16.2 Å². The molecule has 0 radical (unpaired) electrons. The maximum Gasteiger partial charge on any atom is 0.178 e. The first-order valence-electron chi connectivity index (χ1n) is 5.96. The minimum absolute atomic E-state index is 0.587. The lowest BCUT2D eigenvalue weighted by Crippen LogP contribution is -2.11. The Hall–Kier alpha value is -1.09. The fourth-order valence-corrected chi connectivity index (χ4v) is 3.26. The number of fused-ring (bicyclic) bond motifs is 1. The van der Waals surface area contributed by atoms with E-state index in [1.54, 1.807) is 0 Å². The number of para-hydroxylation sites is 2. The molecule has 2 atom stereocenters. The average molecular weight is 232 g/mol. The summed E-state index contributed by atoms with van der Waals surface area (Å²) < 4.78 is 3.20. The van der Waals surface area contributed by atoms with Gasteiger partial charge < -0.3 is 9.55 Å². The molecule has 1 N–H and O–H groups in total. The molecule has 0 amide bonds. The molecule has 1 heterocycles. The van der Waals surface area contributed by atoms with Crippen LogP contribution in [0.15, 0.2) is 24.3 Å². The number of nitrogens with one attached hydrogen (secondary N) is 1. The van der Waals surface area contributed by atoms with Crippen LogP contribution >= 0.6 is 12.2 Å². The number of nitrogens with zero attached hydrogens (tertiary/aromatic N) is 1. The van der Waals surface area contributed by atoms with E-state index >= 15 is 0 Å². The normalized spacial score (nSPS) is 25.3. The third kappa shape index (κ3) is 1.42. The molecule has 0 aliphatic heterocycles. The van der Waals surface area contributed by atoms with Gasteiger partial charge in [-0.2, -0.15) is 0 Å². The molecule has 1 aromatic heterocycles. The van der Waals surface area contributed by atoms with Crippen LogP contribution in [-0.2, 0) is 0 Å². The number of aromatic amines is 1. The van der Waals surface area contributed by atoms with Gasteiger partial charge in [-0.1, -0.05) is 25.5 Å². The maximum absolute atomic E-state index is 5.45. The second-order valence-electron chi connectivity index (χ2n) is 4.79. The predicted molar refractivity (Wildman–Crippen MR) is 69.2 cm³/mol. The van der Waals surface area contributed by atoms with Crippen LogP contribution in [0.25, 0.3) is 11.0 Å². The van der Waals surface area contributed by atoms with E-state index in [9.17, 15) is 0 Å². The highest BCUT2D eigenvalue weighted by atomic mass is 32.1. The third-order valence-electron chi connectivity index (χ3n) is 3.77. The first-order valence-corrected chi connectivity index (χ1v) is 6.37. The van der Waals surface area contributed by atoms with Crippen molar-refractivity contribution in [1.29, 1.82) is 0 Å². The van der Waals surface area contributed by atoms with Crippen molar-refractivity contribution in [2.75, 3.05) is 0 Å². The van der Waals surface area contributed by atoms with Crippen LogP contribution in [0.3, 0.4) is 0 Å². The lowest BCUT2D eigenvalue weighted by Gasteiger charge is -2.18. The smallest absolute Gasteiger partial charge is 0.178 e. The molecule has 3 rings (SSSR count). The maximum atomic E-state index is 5.45. The Kier molecular flexibility index (Phi) is 2.36. The Morgan fingerprint density at radius 3 is 2.88 bits per heavy atom. The molecular weight excluding hydrogens is 216 g/mol. The van der Waals surface area contributed by atoms with E-state index in [1.807, 2.05) is 0 Å². The van der Waals surface area contributed by atoms with Gasteiger partial charge >= 0.3 is 0 Å². The van der Waals surface area contributed by atoms with Crippen molar-refractivity contribution < 1.29 is 0 Å². The summed E-state index contributed by atoms with van der Waals surface area (Å²) >= 11 is 5.45. The van der Waals surface area contributed by atoms with E-state index in [4.69, 9.17) is 12.2 Å². The van der Waals surface area contributed by atoms with Crippen molar-refractivity contribution in [2.45, 2.75) is 32.2 Å². The molecule has 2 unspecified atom stereocenters. The van der Waals surface area contributed by atoms with Crippen molar-refractivity contribution in [3.63, 3.8) is 0 Å². The van der Waals surface area contributed by atoms with E-state index in [-0.39, 0.29) is 0 Å². The number of rotatable bonds is 1. The fourth-order valence-electron chi connectivity index (χ4n) is 2.91. The van der Waals surface area contributed by atoms with Gasteiger partial charge in [0.1, 0.15) is 0 Å². The molecule has 0 bridgehead atoms. The SMILES string of the molecule is CC1CCCC1n1c(=S)[nH]c2ccccc21. The zero-order valence-electron chi connectivity index (χ0n) is 9.44. The molecular formula is C13H16N2S. The zero-order valence-corrected chi connectivity index (χ0v) is 10.3. The summed E-state index contributed by atoms with van der Waals surface area (Å²) in [5.74, 6) is 0.742. The van der Waals surface area contributed by atoms with Gasteiger partial charge in [-0.05, 0) is 43.1 Å². The number of hydrogen-bond donors (Lipinski definition) is 1. The molecule has 1 aliphatic rings. The summed E-state index contributed by atoms with van der Waals surface area (Å²) in [5.41, 5.74) is 2.41. The van der Waals surface area contributed by atoms with Gasteiger partial charge in [0.05, 0.1) is 11.0 Å². The molecule has 2 nitrogen and oxygen atoms in total. The van der Waals surface area contributed by atoms with E-state index < -0.39 is 0 Å². The van der Waals surface area contributed by atoms with Crippen LogP contribution in [0.4, 0.5) is 0 Å². The molecule has 2 aromatic rings. The summed E-state index contributed by atoms with van der Waals surface area (Å²) in [6.45, 7) is 2.33. The largest absolute Gasteiger partial charge is 0.331 e. The average Bonchev–Trinajstić information content (AvgIpc) is 2.81. The van der Waals surface area contributed by atoms with Gasteiger partial charge in [0.25, 0.3) is 0 Å². The summed E-state index contributed by atoms with van der Waals surface area (Å²) in [4.78, 5) is 3.30. The highest BCUT2D eigenvalue weighted by Crippen LogP contribution is 2.37. The minimum Gasteiger partial charge on any atom is -0.331 e. The summed E-state index contributed by atoms with van der Waals surface area (Å²) in [7, 11) is 0. The van der Waals surface area contributed by atoms with Gasteiger partial charge in [-0.15, -0.1) is 0 Å². The van der Waals surface area contributed by atoms with E-state index in [0.29, 0.717) is 6.04 Å². The fraction of sp³-hybridized carbons (Fsp3) is 0.462. The van der Waals surface area contributed by atoms with Crippen LogP contribution < -0.4 is 0 Å². The Morgan fingerprint density at radius 2 is 2.12 bits per heavy atom. The summed E-state index contributed by atoms with van der Waals surface area (Å²) in [6, 6.07) is 8.98. The third-order valence-corrected chi connectivity index (χ3v) is 4.07. The quantitative estimate of drug-likeness (QED) is 0.735. The Labute approximate surface area is 100 Å². The van der Waals surface area contributed by atoms with Crippen LogP contribution in [-0.4, -0.2) is 9.55 Å². The van der Waals surface area contributed by atoms with Crippen molar-refractivity contribution in [3.05, 3.63) is 29.0 Å². The Bertz CT molecular complexity index is 567. The molecule has 1 saturated carbocycles. The number of aromatic nitrogens is 2. The van der Waals surface area contributed by atoms with Crippen molar-refractivity contribution >= 4 is 23.3 Å². The molecule has 1 aliphatic carbocycles. The monoisotopic (exact) mass is 232 g/mol. The van der Waals surface area contributed by atoms with E-state index in [1.165, 1.54) is 24.8 Å². The van der Waals surface area contributed by atoms with Gasteiger partial charge in [-0.25, -0.2) is 0 Å². The Morgan fingerprint density at radius 1 is 1.31 bits per heavy atom. The number of hydrogen-bond acceptors (Lipinski definition) is 1. The molecule has 3 heteroatoms. The van der Waals surface area contributed by atoms with Gasteiger partial charge in [0.15, 0.2) is 4.77 Å². The highest BCUT2D eigenvalue weighted by molar-refractivity contribution is 7.71. The van der Waals surface area contributed by atoms with Crippen molar-refractivity contribution in [1.82, 2.24) is 9.55 Å². The number of H-pyrrole nitrogens is 1.